The van der Waals surface area contributed by atoms with Crippen LogP contribution in [0.5, 0.6) is 5.75 Å². The van der Waals surface area contributed by atoms with Crippen molar-refractivity contribution in [2.45, 2.75) is 40.2 Å². The molecule has 0 spiro atoms. The van der Waals surface area contributed by atoms with Crippen molar-refractivity contribution in [2.75, 3.05) is 38.2 Å². The summed E-state index contributed by atoms with van der Waals surface area (Å²) in [4.78, 5) is 23.2. The fourth-order valence-electron chi connectivity index (χ4n) is 4.94. The number of benzene rings is 1. The Morgan fingerprint density at radius 3 is 2.50 bits per heavy atom. The van der Waals surface area contributed by atoms with Gasteiger partial charge in [-0.1, -0.05) is 0 Å². The van der Waals surface area contributed by atoms with Gasteiger partial charge in [-0.25, -0.2) is 9.67 Å². The van der Waals surface area contributed by atoms with Gasteiger partial charge in [0, 0.05) is 43.5 Å². The van der Waals surface area contributed by atoms with Gasteiger partial charge in [0.25, 0.3) is 5.91 Å². The molecule has 8 heteroatoms. The Kier molecular flexibility index (Phi) is 6.43. The zero-order valence-corrected chi connectivity index (χ0v) is 21.6. The van der Waals surface area contributed by atoms with Crippen molar-refractivity contribution in [3.05, 3.63) is 59.7 Å². The van der Waals surface area contributed by atoms with Gasteiger partial charge in [0.1, 0.15) is 17.3 Å². The number of ether oxygens (including phenoxy) is 1. The summed E-state index contributed by atoms with van der Waals surface area (Å²) in [5.74, 6) is 2.47. The van der Waals surface area contributed by atoms with E-state index in [4.69, 9.17) is 14.1 Å². The van der Waals surface area contributed by atoms with Crippen LogP contribution in [0.15, 0.2) is 47.0 Å². The molecule has 1 aliphatic heterocycles. The van der Waals surface area contributed by atoms with Crippen molar-refractivity contribution < 1.29 is 13.9 Å². The molecule has 36 heavy (non-hydrogen) atoms. The number of methoxy groups -OCH3 is 1. The smallest absolute Gasteiger partial charge is 0.254 e. The highest BCUT2D eigenvalue weighted by atomic mass is 16.5. The van der Waals surface area contributed by atoms with Gasteiger partial charge >= 0.3 is 0 Å². The molecule has 4 heterocycles. The monoisotopic (exact) mass is 487 g/mol. The zero-order chi connectivity index (χ0) is 25.4. The van der Waals surface area contributed by atoms with Crippen LogP contribution in [-0.2, 0) is 0 Å². The summed E-state index contributed by atoms with van der Waals surface area (Å²) in [5.41, 5.74) is 4.14. The van der Waals surface area contributed by atoms with E-state index in [0.717, 1.165) is 64.8 Å². The number of nitrogens with zero attached hydrogens (tertiary/aromatic N) is 5. The van der Waals surface area contributed by atoms with Crippen LogP contribution in [0.4, 0.5) is 5.69 Å². The lowest BCUT2D eigenvalue weighted by Gasteiger charge is -2.24. The number of anilines is 1. The van der Waals surface area contributed by atoms with Crippen LogP contribution in [0, 0.1) is 13.8 Å². The molecule has 1 saturated heterocycles. The van der Waals surface area contributed by atoms with Crippen LogP contribution in [0.2, 0.25) is 0 Å². The van der Waals surface area contributed by atoms with Crippen LogP contribution >= 0.6 is 0 Å². The molecule has 0 atom stereocenters. The third-order valence-electron chi connectivity index (χ3n) is 6.82. The number of aromatic nitrogens is 3. The molecule has 0 saturated carbocycles. The molecule has 0 radical (unpaired) electrons. The normalized spacial score (nSPS) is 14.5. The first kappa shape index (κ1) is 23.9. The molecular formula is C28H33N5O3. The quantitative estimate of drug-likeness (QED) is 0.383. The molecule has 1 fully saturated rings. The first-order valence-corrected chi connectivity index (χ1v) is 12.5. The number of fused-ring (bicyclic) bond motifs is 1. The Labute approximate surface area is 211 Å². The lowest BCUT2D eigenvalue weighted by atomic mass is 10.1. The average Bonchev–Trinajstić information content (AvgIpc) is 3.36. The van der Waals surface area contributed by atoms with Gasteiger partial charge in [0.05, 0.1) is 30.0 Å². The number of carbonyl (C=O) groups is 1. The number of amides is 1. The van der Waals surface area contributed by atoms with Gasteiger partial charge in [-0.3, -0.25) is 4.79 Å². The summed E-state index contributed by atoms with van der Waals surface area (Å²) in [7, 11) is 1.67. The number of hydrogen-bond acceptors (Lipinski definition) is 6. The molecule has 0 unspecified atom stereocenters. The molecule has 4 aromatic rings. The van der Waals surface area contributed by atoms with Gasteiger partial charge < -0.3 is 19.0 Å². The fourth-order valence-corrected chi connectivity index (χ4v) is 4.94. The van der Waals surface area contributed by atoms with Crippen molar-refractivity contribution in [1.82, 2.24) is 19.7 Å². The van der Waals surface area contributed by atoms with E-state index in [1.807, 2.05) is 47.7 Å². The van der Waals surface area contributed by atoms with E-state index >= 15 is 0 Å². The second-order valence-electron chi connectivity index (χ2n) is 9.63. The Balaban J connectivity index is 1.47. The molecule has 1 aliphatic rings. The van der Waals surface area contributed by atoms with E-state index in [-0.39, 0.29) is 11.9 Å². The molecule has 188 valence electrons. The minimum atomic E-state index is 0.0152. The van der Waals surface area contributed by atoms with Gasteiger partial charge in [-0.05, 0) is 70.5 Å². The van der Waals surface area contributed by atoms with Crippen molar-refractivity contribution in [2.24, 2.45) is 0 Å². The molecule has 1 amide bonds. The molecule has 0 bridgehead atoms. The van der Waals surface area contributed by atoms with Crippen LogP contribution < -0.4 is 9.64 Å². The van der Waals surface area contributed by atoms with Crippen LogP contribution in [-0.4, -0.2) is 58.9 Å². The summed E-state index contributed by atoms with van der Waals surface area (Å²) >= 11 is 0. The molecular weight excluding hydrogens is 454 g/mol. The van der Waals surface area contributed by atoms with Crippen molar-refractivity contribution in [3.63, 3.8) is 0 Å². The van der Waals surface area contributed by atoms with Crippen LogP contribution in [0.1, 0.15) is 48.2 Å². The Hall–Kier alpha value is -3.81. The summed E-state index contributed by atoms with van der Waals surface area (Å²) in [5, 5.41) is 5.36. The van der Waals surface area contributed by atoms with E-state index in [1.165, 1.54) is 0 Å². The third kappa shape index (κ3) is 4.43. The summed E-state index contributed by atoms with van der Waals surface area (Å²) < 4.78 is 12.9. The standard InChI is InChI=1S/C28H33N5O3/c1-18(2)33-27-25(17-29-33)24(16-26(30-27)23-15-19(3)36-20(23)4)28(34)32-12-6-11-31(13-14-32)21-7-9-22(35-5)10-8-21/h7-10,15-18H,6,11-14H2,1-5H3. The maximum Gasteiger partial charge on any atom is 0.254 e. The maximum absolute atomic E-state index is 13.9. The van der Waals surface area contributed by atoms with E-state index in [0.29, 0.717) is 18.7 Å². The number of carbonyl (C=O) groups excluding carboxylic acids is 1. The van der Waals surface area contributed by atoms with Gasteiger partial charge in [-0.2, -0.15) is 5.10 Å². The largest absolute Gasteiger partial charge is 0.497 e. The van der Waals surface area contributed by atoms with Crippen molar-refractivity contribution >= 4 is 22.6 Å². The molecule has 0 N–H and O–H groups in total. The number of rotatable bonds is 5. The third-order valence-corrected chi connectivity index (χ3v) is 6.82. The second-order valence-corrected chi connectivity index (χ2v) is 9.63. The van der Waals surface area contributed by atoms with E-state index in [1.54, 1.807) is 13.3 Å². The Bertz CT molecular complexity index is 1390. The Morgan fingerprint density at radius 1 is 1.06 bits per heavy atom. The van der Waals surface area contributed by atoms with Crippen LogP contribution in [0.25, 0.3) is 22.3 Å². The number of furan rings is 1. The first-order valence-electron chi connectivity index (χ1n) is 12.5. The Morgan fingerprint density at radius 2 is 1.83 bits per heavy atom. The SMILES string of the molecule is COc1ccc(N2CCCN(C(=O)c3cc(-c4cc(C)oc4C)nc4c3cnn4C(C)C)CC2)cc1. The molecule has 0 aliphatic carbocycles. The lowest BCUT2D eigenvalue weighted by molar-refractivity contribution is 0.0769. The molecule has 8 nitrogen and oxygen atoms in total. The molecule has 5 rings (SSSR count). The second kappa shape index (κ2) is 9.68. The topological polar surface area (TPSA) is 76.6 Å². The average molecular weight is 488 g/mol. The number of hydrogen-bond donors (Lipinski definition) is 0. The summed E-state index contributed by atoms with van der Waals surface area (Å²) in [6, 6.07) is 12.1. The highest BCUT2D eigenvalue weighted by molar-refractivity contribution is 6.06. The van der Waals surface area contributed by atoms with E-state index in [9.17, 15) is 4.79 Å². The minimum Gasteiger partial charge on any atom is -0.497 e. The highest BCUT2D eigenvalue weighted by Gasteiger charge is 2.25. The van der Waals surface area contributed by atoms with Gasteiger partial charge in [0.2, 0.25) is 0 Å². The van der Waals surface area contributed by atoms with E-state index < -0.39 is 0 Å². The zero-order valence-electron chi connectivity index (χ0n) is 21.6. The fraction of sp³-hybridized carbons (Fsp3) is 0.393. The molecule has 3 aromatic heterocycles. The predicted molar refractivity (Wildman–Crippen MR) is 141 cm³/mol. The van der Waals surface area contributed by atoms with Gasteiger partial charge in [0.15, 0.2) is 5.65 Å². The lowest BCUT2D eigenvalue weighted by Crippen LogP contribution is -2.35. The summed E-state index contributed by atoms with van der Waals surface area (Å²) in [6.45, 7) is 11.0. The van der Waals surface area contributed by atoms with Crippen molar-refractivity contribution in [3.8, 4) is 17.0 Å². The number of aryl methyl sites for hydroxylation is 2. The number of pyridine rings is 1. The van der Waals surface area contributed by atoms with Crippen LogP contribution in [0.3, 0.4) is 0 Å². The first-order chi connectivity index (χ1) is 17.4. The maximum atomic E-state index is 13.9. The minimum absolute atomic E-state index is 0.0152. The summed E-state index contributed by atoms with van der Waals surface area (Å²) in [6.07, 6.45) is 2.67. The molecule has 1 aromatic carbocycles. The van der Waals surface area contributed by atoms with E-state index in [2.05, 4.69) is 36.0 Å². The van der Waals surface area contributed by atoms with Gasteiger partial charge in [-0.15, -0.1) is 0 Å². The van der Waals surface area contributed by atoms with Crippen molar-refractivity contribution in [1.29, 1.82) is 0 Å². The highest BCUT2D eigenvalue weighted by Crippen LogP contribution is 2.31. The predicted octanol–water partition coefficient (Wildman–Crippen LogP) is 5.25.